The van der Waals surface area contributed by atoms with Crippen LogP contribution in [0.1, 0.15) is 27.9 Å². The van der Waals surface area contributed by atoms with Crippen molar-refractivity contribution in [1.29, 1.82) is 0 Å². The van der Waals surface area contributed by atoms with Gasteiger partial charge in [-0.2, -0.15) is 0 Å². The van der Waals surface area contributed by atoms with Crippen molar-refractivity contribution in [3.63, 3.8) is 0 Å². The number of likely N-dealkylation sites (tertiary alicyclic amines) is 1. The van der Waals surface area contributed by atoms with Crippen LogP contribution in [0.3, 0.4) is 0 Å². The van der Waals surface area contributed by atoms with Gasteiger partial charge in [-0.3, -0.25) is 9.59 Å². The number of aliphatic hydroxyl groups is 1. The van der Waals surface area contributed by atoms with Crippen LogP contribution in [-0.2, 0) is 11.3 Å². The summed E-state index contributed by atoms with van der Waals surface area (Å²) in [7, 11) is 0. The zero-order chi connectivity index (χ0) is 19.6. The van der Waals surface area contributed by atoms with E-state index in [4.69, 9.17) is 0 Å². The first kappa shape index (κ1) is 23.0. The predicted octanol–water partition coefficient (Wildman–Crippen LogP) is -3.22. The molecule has 2 unspecified atom stereocenters. The Hall–Kier alpha value is -1.29. The summed E-state index contributed by atoms with van der Waals surface area (Å²) in [4.78, 5) is 37.9. The van der Waals surface area contributed by atoms with E-state index in [1.54, 1.807) is 12.3 Å². The van der Waals surface area contributed by atoms with Crippen molar-refractivity contribution in [2.45, 2.75) is 26.0 Å². The molecule has 28 heavy (non-hydrogen) atoms. The standard InChI is InChI=1S/C20H22N2O5.K/c1-13-4-2-5-14(8-13)10-21-7-3-6-17(18(21)24)19(25)22-11-15(20(26)27)9-16(23)12-22;/h2-8,15-16,23H,9-12H2,1H3,(H,26,27);/q;+1/p-1. The molecule has 2 aromatic rings. The van der Waals surface area contributed by atoms with Crippen molar-refractivity contribution in [1.82, 2.24) is 9.47 Å². The van der Waals surface area contributed by atoms with Crippen molar-refractivity contribution in [2.24, 2.45) is 5.92 Å². The van der Waals surface area contributed by atoms with Crippen LogP contribution in [0.15, 0.2) is 47.4 Å². The predicted molar refractivity (Wildman–Crippen MR) is 96.0 cm³/mol. The SMILES string of the molecule is Cc1cccc(Cn2cccc(C(=O)N3CC(O)CC(C(=O)[O-])C3)c2=O)c1.[K+]. The summed E-state index contributed by atoms with van der Waals surface area (Å²) >= 11 is 0. The maximum atomic E-state index is 12.8. The first-order chi connectivity index (χ1) is 12.8. The Morgan fingerprint density at radius 2 is 1.96 bits per heavy atom. The molecule has 142 valence electrons. The van der Waals surface area contributed by atoms with E-state index in [0.29, 0.717) is 6.54 Å². The number of rotatable bonds is 4. The zero-order valence-corrected chi connectivity index (χ0v) is 19.1. The van der Waals surface area contributed by atoms with Crippen LogP contribution < -0.4 is 62.1 Å². The molecule has 0 aliphatic carbocycles. The molecule has 2 atom stereocenters. The van der Waals surface area contributed by atoms with Crippen molar-refractivity contribution in [2.75, 3.05) is 13.1 Å². The number of β-amino-alcohol motifs (C(OH)–C–C–N with tert-alkyl or cyclic N) is 1. The Bertz CT molecular complexity index is 927. The number of hydrogen-bond acceptors (Lipinski definition) is 5. The minimum absolute atomic E-state index is 0. The molecule has 1 aromatic heterocycles. The fourth-order valence-electron chi connectivity index (χ4n) is 3.41. The number of nitrogens with zero attached hydrogens (tertiary/aromatic N) is 2. The molecule has 1 N–H and O–H groups in total. The molecule has 1 aromatic carbocycles. The number of hydrogen-bond donors (Lipinski definition) is 1. The Morgan fingerprint density at radius 3 is 2.64 bits per heavy atom. The number of carbonyl (C=O) groups is 2. The number of aliphatic carboxylic acids is 1. The normalized spacial score (nSPS) is 19.0. The molecule has 7 nitrogen and oxygen atoms in total. The molecule has 3 rings (SSSR count). The number of piperidine rings is 1. The van der Waals surface area contributed by atoms with Gasteiger partial charge >= 0.3 is 51.4 Å². The molecular weight excluding hydrogens is 387 g/mol. The van der Waals surface area contributed by atoms with Crippen LogP contribution in [-0.4, -0.2) is 45.6 Å². The van der Waals surface area contributed by atoms with Crippen LogP contribution in [0.25, 0.3) is 0 Å². The van der Waals surface area contributed by atoms with E-state index < -0.39 is 29.5 Å². The third-order valence-corrected chi connectivity index (χ3v) is 4.74. The summed E-state index contributed by atoms with van der Waals surface area (Å²) in [5, 5.41) is 21.0. The maximum absolute atomic E-state index is 12.8. The summed E-state index contributed by atoms with van der Waals surface area (Å²) in [6.07, 6.45) is 0.693. The van der Waals surface area contributed by atoms with Gasteiger partial charge in [-0.1, -0.05) is 29.8 Å². The summed E-state index contributed by atoms with van der Waals surface area (Å²) in [5.74, 6) is -2.84. The molecule has 0 bridgehead atoms. The number of aryl methyl sites for hydroxylation is 1. The first-order valence-corrected chi connectivity index (χ1v) is 8.78. The van der Waals surface area contributed by atoms with E-state index >= 15 is 0 Å². The summed E-state index contributed by atoms with van der Waals surface area (Å²) < 4.78 is 1.44. The minimum atomic E-state index is -1.31. The molecule has 0 saturated carbocycles. The van der Waals surface area contributed by atoms with Gasteiger partial charge < -0.3 is 24.5 Å². The van der Waals surface area contributed by atoms with Gasteiger partial charge in [0.15, 0.2) is 0 Å². The number of carboxylic acid groups (broad SMARTS) is 1. The number of aliphatic hydroxyl groups excluding tert-OH is 1. The second-order valence-electron chi connectivity index (χ2n) is 6.96. The Balaban J connectivity index is 0.00000280. The largest absolute Gasteiger partial charge is 1.00 e. The average molecular weight is 408 g/mol. The van der Waals surface area contributed by atoms with Gasteiger partial charge in [0, 0.05) is 31.2 Å². The molecule has 1 aliphatic heterocycles. The number of aromatic nitrogens is 1. The molecule has 0 spiro atoms. The van der Waals surface area contributed by atoms with Crippen molar-refractivity contribution in [3.05, 3.63) is 69.6 Å². The summed E-state index contributed by atoms with van der Waals surface area (Å²) in [6.45, 7) is 2.20. The molecule has 1 fully saturated rings. The Labute approximate surface area is 205 Å². The van der Waals surface area contributed by atoms with Gasteiger partial charge in [-0.15, -0.1) is 0 Å². The van der Waals surface area contributed by atoms with Crippen molar-refractivity contribution in [3.8, 4) is 0 Å². The molecular formula is C20H21KN2O5. The topological polar surface area (TPSA) is 103 Å². The van der Waals surface area contributed by atoms with Gasteiger partial charge in [0.2, 0.25) is 0 Å². The van der Waals surface area contributed by atoms with E-state index in [1.807, 2.05) is 31.2 Å². The zero-order valence-electron chi connectivity index (χ0n) is 16.0. The van der Waals surface area contributed by atoms with E-state index in [0.717, 1.165) is 11.1 Å². The van der Waals surface area contributed by atoms with Crippen molar-refractivity contribution >= 4 is 11.9 Å². The van der Waals surface area contributed by atoms with Crippen molar-refractivity contribution < 1.29 is 71.2 Å². The number of carbonyl (C=O) groups excluding carboxylic acids is 2. The summed E-state index contributed by atoms with van der Waals surface area (Å²) in [6, 6.07) is 10.8. The molecule has 0 radical (unpaired) electrons. The molecule has 1 aliphatic rings. The quantitative estimate of drug-likeness (QED) is 0.537. The fourth-order valence-corrected chi connectivity index (χ4v) is 3.41. The minimum Gasteiger partial charge on any atom is -0.550 e. The first-order valence-electron chi connectivity index (χ1n) is 8.78. The number of amides is 1. The molecule has 2 heterocycles. The van der Waals surface area contributed by atoms with Gasteiger partial charge in [-0.05, 0) is 31.0 Å². The number of pyridine rings is 1. The fraction of sp³-hybridized carbons (Fsp3) is 0.350. The monoisotopic (exact) mass is 408 g/mol. The molecule has 1 amide bonds. The summed E-state index contributed by atoms with van der Waals surface area (Å²) in [5.41, 5.74) is 1.51. The molecule has 1 saturated heterocycles. The number of benzene rings is 1. The number of carboxylic acids is 1. The van der Waals surface area contributed by atoms with E-state index in [-0.39, 0.29) is 76.5 Å². The second kappa shape index (κ2) is 9.95. The van der Waals surface area contributed by atoms with E-state index in [1.165, 1.54) is 15.5 Å². The van der Waals surface area contributed by atoms with E-state index in [2.05, 4.69) is 0 Å². The van der Waals surface area contributed by atoms with Gasteiger partial charge in [0.1, 0.15) is 5.56 Å². The third kappa shape index (κ3) is 5.40. The Morgan fingerprint density at radius 1 is 1.21 bits per heavy atom. The second-order valence-corrected chi connectivity index (χ2v) is 6.96. The van der Waals surface area contributed by atoms with Crippen LogP contribution in [0.2, 0.25) is 0 Å². The van der Waals surface area contributed by atoms with Gasteiger partial charge in [0.25, 0.3) is 11.5 Å². The van der Waals surface area contributed by atoms with Crippen LogP contribution in [0.4, 0.5) is 0 Å². The molecule has 8 heteroatoms. The van der Waals surface area contributed by atoms with Crippen LogP contribution in [0.5, 0.6) is 0 Å². The maximum Gasteiger partial charge on any atom is 1.00 e. The van der Waals surface area contributed by atoms with E-state index in [9.17, 15) is 24.6 Å². The average Bonchev–Trinajstić information content (AvgIpc) is 2.62. The van der Waals surface area contributed by atoms with Crippen LogP contribution in [0, 0.1) is 12.8 Å². The smallest absolute Gasteiger partial charge is 0.550 e. The Kier molecular flexibility index (Phi) is 8.17. The van der Waals surface area contributed by atoms with Gasteiger partial charge in [-0.25, -0.2) is 0 Å². The third-order valence-electron chi connectivity index (χ3n) is 4.74. The van der Waals surface area contributed by atoms with Gasteiger partial charge in [0.05, 0.1) is 12.6 Å². The van der Waals surface area contributed by atoms with Crippen LogP contribution >= 0.6 is 0 Å².